The van der Waals surface area contributed by atoms with Gasteiger partial charge in [0.15, 0.2) is 0 Å². The third-order valence-corrected chi connectivity index (χ3v) is 2.18. The lowest BCUT2D eigenvalue weighted by atomic mass is 10.3. The highest BCUT2D eigenvalue weighted by molar-refractivity contribution is 5.43. The number of rotatable bonds is 5. The molecule has 0 atom stereocenters. The van der Waals surface area contributed by atoms with Gasteiger partial charge in [0.05, 0.1) is 0 Å². The van der Waals surface area contributed by atoms with E-state index < -0.39 is 0 Å². The van der Waals surface area contributed by atoms with Crippen molar-refractivity contribution in [3.05, 3.63) is 28.4 Å². The minimum atomic E-state index is -0.262. The van der Waals surface area contributed by atoms with Crippen LogP contribution in [0.5, 0.6) is 0 Å². The Morgan fingerprint density at radius 3 is 3.00 bits per heavy atom. The molecule has 0 saturated carbocycles. The van der Waals surface area contributed by atoms with Crippen molar-refractivity contribution < 1.29 is 4.42 Å². The van der Waals surface area contributed by atoms with E-state index in [9.17, 15) is 4.79 Å². The van der Waals surface area contributed by atoms with Crippen LogP contribution < -0.4 is 10.9 Å². The van der Waals surface area contributed by atoms with Gasteiger partial charge in [0.1, 0.15) is 5.69 Å². The number of nitrogens with one attached hydrogen (secondary N) is 2. The van der Waals surface area contributed by atoms with E-state index >= 15 is 0 Å². The summed E-state index contributed by atoms with van der Waals surface area (Å²) < 4.78 is 5.42. The Hall–Kier alpha value is -2.02. The Morgan fingerprint density at radius 2 is 2.29 bits per heavy atom. The van der Waals surface area contributed by atoms with E-state index in [4.69, 9.17) is 4.42 Å². The maximum Gasteiger partial charge on any atom is 0.268 e. The molecule has 0 aliphatic heterocycles. The van der Waals surface area contributed by atoms with Crippen molar-refractivity contribution in [3.63, 3.8) is 0 Å². The third kappa shape index (κ3) is 2.97. The highest BCUT2D eigenvalue weighted by Crippen LogP contribution is 2.13. The number of hydrogen-bond donors (Lipinski definition) is 2. The van der Waals surface area contributed by atoms with Crippen molar-refractivity contribution in [2.75, 3.05) is 13.6 Å². The molecular formula is C10H13N5O2. The molecule has 2 rings (SSSR count). The Labute approximate surface area is 97.3 Å². The predicted molar refractivity (Wildman–Crippen MR) is 60.4 cm³/mol. The second kappa shape index (κ2) is 5.35. The Bertz CT molecular complexity index is 513. The van der Waals surface area contributed by atoms with E-state index in [1.165, 1.54) is 6.07 Å². The fourth-order valence-electron chi connectivity index (χ4n) is 1.34. The van der Waals surface area contributed by atoms with Gasteiger partial charge in [0.25, 0.3) is 11.4 Å². The van der Waals surface area contributed by atoms with Crippen molar-refractivity contribution in [1.29, 1.82) is 0 Å². The van der Waals surface area contributed by atoms with Gasteiger partial charge in [-0.15, -0.1) is 10.2 Å². The quantitative estimate of drug-likeness (QED) is 0.706. The standard InChI is InChI=1S/C10H13N5O2/c1-11-6-2-3-9-14-15-10(17-9)7-4-5-8(16)13-12-7/h4-5,11H,2-3,6H2,1H3,(H,13,16). The minimum absolute atomic E-state index is 0.262. The first-order valence-corrected chi connectivity index (χ1v) is 5.32. The van der Waals surface area contributed by atoms with Gasteiger partial charge < -0.3 is 9.73 Å². The molecule has 0 amide bonds. The molecule has 7 nitrogen and oxygen atoms in total. The van der Waals surface area contributed by atoms with Crippen molar-refractivity contribution >= 4 is 0 Å². The first kappa shape index (κ1) is 11.5. The fourth-order valence-corrected chi connectivity index (χ4v) is 1.34. The molecule has 0 bridgehead atoms. The molecule has 90 valence electrons. The second-order valence-electron chi connectivity index (χ2n) is 3.51. The molecule has 2 aromatic rings. The summed E-state index contributed by atoms with van der Waals surface area (Å²) in [6.45, 7) is 0.897. The fraction of sp³-hybridized carbons (Fsp3) is 0.400. The predicted octanol–water partition coefficient (Wildman–Crippen LogP) is -0.0281. The number of H-pyrrole nitrogens is 1. The molecule has 0 aliphatic rings. The third-order valence-electron chi connectivity index (χ3n) is 2.18. The van der Waals surface area contributed by atoms with Crippen molar-refractivity contribution in [2.45, 2.75) is 12.8 Å². The average molecular weight is 235 g/mol. The molecule has 7 heteroatoms. The molecule has 0 unspecified atom stereocenters. The van der Waals surface area contributed by atoms with E-state index in [0.717, 1.165) is 19.4 Å². The van der Waals surface area contributed by atoms with Crippen LogP contribution in [-0.4, -0.2) is 34.0 Å². The Balaban J connectivity index is 2.07. The van der Waals surface area contributed by atoms with Crippen LogP contribution in [0.1, 0.15) is 12.3 Å². The van der Waals surface area contributed by atoms with Gasteiger partial charge in [0, 0.05) is 12.5 Å². The summed E-state index contributed by atoms with van der Waals surface area (Å²) >= 11 is 0. The molecule has 0 saturated heterocycles. The zero-order valence-corrected chi connectivity index (χ0v) is 9.43. The Morgan fingerprint density at radius 1 is 1.41 bits per heavy atom. The zero-order valence-electron chi connectivity index (χ0n) is 9.43. The molecule has 0 radical (unpaired) electrons. The van der Waals surface area contributed by atoms with Crippen LogP contribution in [0.15, 0.2) is 21.3 Å². The molecule has 2 N–H and O–H groups in total. The van der Waals surface area contributed by atoms with Crippen LogP contribution in [0.4, 0.5) is 0 Å². The lowest BCUT2D eigenvalue weighted by Gasteiger charge is -1.94. The molecule has 0 aliphatic carbocycles. The van der Waals surface area contributed by atoms with Gasteiger partial charge >= 0.3 is 0 Å². The van der Waals surface area contributed by atoms with E-state index in [2.05, 4.69) is 25.7 Å². The zero-order chi connectivity index (χ0) is 12.1. The van der Waals surface area contributed by atoms with Crippen molar-refractivity contribution in [2.24, 2.45) is 0 Å². The maximum absolute atomic E-state index is 10.8. The SMILES string of the molecule is CNCCCc1nnc(-c2ccc(=O)[nH]n2)o1. The van der Waals surface area contributed by atoms with Crippen LogP contribution in [0.3, 0.4) is 0 Å². The van der Waals surface area contributed by atoms with Gasteiger partial charge in [-0.25, -0.2) is 5.10 Å². The van der Waals surface area contributed by atoms with Gasteiger partial charge in [-0.3, -0.25) is 4.79 Å². The van der Waals surface area contributed by atoms with Crippen LogP contribution in [0.2, 0.25) is 0 Å². The normalized spacial score (nSPS) is 10.6. The molecule has 2 heterocycles. The summed E-state index contributed by atoms with van der Waals surface area (Å²) in [5.41, 5.74) is 0.208. The van der Waals surface area contributed by atoms with Gasteiger partial charge in [-0.1, -0.05) is 0 Å². The monoisotopic (exact) mass is 235 g/mol. The summed E-state index contributed by atoms with van der Waals surface area (Å²) in [5.74, 6) is 0.893. The highest BCUT2D eigenvalue weighted by atomic mass is 16.4. The van der Waals surface area contributed by atoms with E-state index in [-0.39, 0.29) is 5.56 Å². The molecule has 0 spiro atoms. The van der Waals surface area contributed by atoms with E-state index in [0.29, 0.717) is 17.5 Å². The van der Waals surface area contributed by atoms with Gasteiger partial charge in [-0.05, 0) is 26.1 Å². The molecule has 0 aromatic carbocycles. The topological polar surface area (TPSA) is 96.7 Å². The first-order chi connectivity index (χ1) is 8.29. The highest BCUT2D eigenvalue weighted by Gasteiger charge is 2.09. The lowest BCUT2D eigenvalue weighted by Crippen LogP contribution is -2.08. The van der Waals surface area contributed by atoms with Crippen molar-refractivity contribution in [1.82, 2.24) is 25.7 Å². The Kier molecular flexibility index (Phi) is 3.61. The summed E-state index contributed by atoms with van der Waals surface area (Å²) in [4.78, 5) is 10.8. The first-order valence-electron chi connectivity index (χ1n) is 5.32. The van der Waals surface area contributed by atoms with E-state index in [1.807, 2.05) is 7.05 Å². The van der Waals surface area contributed by atoms with E-state index in [1.54, 1.807) is 6.07 Å². The van der Waals surface area contributed by atoms with Crippen LogP contribution >= 0.6 is 0 Å². The van der Waals surface area contributed by atoms with Crippen LogP contribution in [0, 0.1) is 0 Å². The molecule has 0 fully saturated rings. The summed E-state index contributed by atoms with van der Waals surface area (Å²) in [6.07, 6.45) is 1.65. The largest absolute Gasteiger partial charge is 0.419 e. The van der Waals surface area contributed by atoms with Gasteiger partial charge in [0.2, 0.25) is 5.89 Å². The summed E-state index contributed by atoms with van der Waals surface area (Å²) in [6, 6.07) is 2.91. The smallest absolute Gasteiger partial charge is 0.268 e. The lowest BCUT2D eigenvalue weighted by molar-refractivity contribution is 0.493. The molecule has 2 aromatic heterocycles. The van der Waals surface area contributed by atoms with Crippen LogP contribution in [-0.2, 0) is 6.42 Å². The summed E-state index contributed by atoms with van der Waals surface area (Å²) in [5, 5.41) is 17.0. The van der Waals surface area contributed by atoms with Crippen LogP contribution in [0.25, 0.3) is 11.6 Å². The minimum Gasteiger partial charge on any atom is -0.419 e. The molecule has 17 heavy (non-hydrogen) atoms. The van der Waals surface area contributed by atoms with Gasteiger partial charge in [-0.2, -0.15) is 5.10 Å². The maximum atomic E-state index is 10.8. The average Bonchev–Trinajstić information content (AvgIpc) is 2.79. The number of aromatic amines is 1. The van der Waals surface area contributed by atoms with Crippen molar-refractivity contribution in [3.8, 4) is 11.6 Å². The molecular weight excluding hydrogens is 222 g/mol. The summed E-state index contributed by atoms with van der Waals surface area (Å²) in [7, 11) is 1.89. The number of aromatic nitrogens is 4. The second-order valence-corrected chi connectivity index (χ2v) is 3.51. The number of hydrogen-bond acceptors (Lipinski definition) is 6. The number of aryl methyl sites for hydroxylation is 1. The number of nitrogens with zero attached hydrogens (tertiary/aromatic N) is 3.